The van der Waals surface area contributed by atoms with E-state index < -0.39 is 0 Å². The van der Waals surface area contributed by atoms with Gasteiger partial charge in [0.2, 0.25) is 0 Å². The van der Waals surface area contributed by atoms with Crippen LogP contribution in [0.5, 0.6) is 0 Å². The molecule has 0 atom stereocenters. The van der Waals surface area contributed by atoms with E-state index in [0.717, 1.165) is 82.8 Å². The highest BCUT2D eigenvalue weighted by molar-refractivity contribution is 6.19. The third-order valence-electron chi connectivity index (χ3n) is 11.0. The molecule has 5 nitrogen and oxygen atoms in total. The molecule has 0 aliphatic carbocycles. The second kappa shape index (κ2) is 11.8. The van der Waals surface area contributed by atoms with Crippen molar-refractivity contribution in [2.24, 2.45) is 0 Å². The van der Waals surface area contributed by atoms with Crippen LogP contribution in [0.25, 0.3) is 93.6 Å². The van der Waals surface area contributed by atoms with Crippen LogP contribution in [0.15, 0.2) is 176 Å². The fourth-order valence-electron chi connectivity index (χ4n) is 8.65. The Morgan fingerprint density at radius 3 is 1.27 bits per heavy atom. The van der Waals surface area contributed by atoms with Gasteiger partial charge in [-0.25, -0.2) is 0 Å². The number of rotatable bonds is 4. The van der Waals surface area contributed by atoms with Crippen LogP contribution in [-0.2, 0) is 0 Å². The quantitative estimate of drug-likeness (QED) is 0.184. The molecule has 0 saturated heterocycles. The van der Waals surface area contributed by atoms with Crippen LogP contribution in [0.3, 0.4) is 0 Å². The molecule has 8 aromatic carbocycles. The Kier molecular flexibility index (Phi) is 6.61. The number of aromatic nitrogens is 3. The van der Waals surface area contributed by atoms with Crippen LogP contribution >= 0.6 is 0 Å². The highest BCUT2D eigenvalue weighted by atomic mass is 15.0. The van der Waals surface area contributed by atoms with Crippen molar-refractivity contribution in [3.63, 3.8) is 0 Å². The minimum absolute atomic E-state index is 0.637. The minimum atomic E-state index is 0.637. The van der Waals surface area contributed by atoms with E-state index in [4.69, 9.17) is 0 Å². The van der Waals surface area contributed by atoms with E-state index in [1.54, 1.807) is 0 Å². The average molecular weight is 700 g/mol. The second-order valence-electron chi connectivity index (χ2n) is 14.1. The van der Waals surface area contributed by atoms with Gasteiger partial charge in [-0.3, -0.25) is 0 Å². The first kappa shape index (κ1) is 30.7. The second-order valence-corrected chi connectivity index (χ2v) is 14.1. The van der Waals surface area contributed by atoms with Gasteiger partial charge in [0, 0.05) is 49.4 Å². The lowest BCUT2D eigenvalue weighted by Crippen LogP contribution is -1.97. The van der Waals surface area contributed by atoms with Crippen molar-refractivity contribution in [3.05, 3.63) is 187 Å². The molecule has 0 amide bonds. The smallest absolute Gasteiger partial charge is 0.0991 e. The molecule has 0 N–H and O–H groups in total. The fraction of sp³-hybridized carbons (Fsp3) is 0. The van der Waals surface area contributed by atoms with Crippen molar-refractivity contribution in [1.82, 2.24) is 13.7 Å². The van der Waals surface area contributed by atoms with Crippen LogP contribution in [0.4, 0.5) is 0 Å². The van der Waals surface area contributed by atoms with Crippen LogP contribution < -0.4 is 0 Å². The van der Waals surface area contributed by atoms with E-state index in [2.05, 4.69) is 177 Å². The number of hydrogen-bond acceptors (Lipinski definition) is 2. The molecule has 0 radical (unpaired) electrons. The van der Waals surface area contributed by atoms with Gasteiger partial charge in [0.05, 0.1) is 56.4 Å². The highest BCUT2D eigenvalue weighted by Crippen LogP contribution is 2.41. The summed E-state index contributed by atoms with van der Waals surface area (Å²) < 4.78 is 6.98. The van der Waals surface area contributed by atoms with Crippen LogP contribution in [0.2, 0.25) is 0 Å². The predicted octanol–water partition coefficient (Wildman–Crippen LogP) is 12.4. The summed E-state index contributed by atoms with van der Waals surface area (Å²) in [7, 11) is 0. The van der Waals surface area contributed by atoms with Crippen LogP contribution in [-0.4, -0.2) is 13.7 Å². The Morgan fingerprint density at radius 1 is 0.291 bits per heavy atom. The largest absolute Gasteiger partial charge is 0.309 e. The highest BCUT2D eigenvalue weighted by Gasteiger charge is 2.20. The van der Waals surface area contributed by atoms with Gasteiger partial charge in [-0.05, 0) is 108 Å². The van der Waals surface area contributed by atoms with E-state index in [-0.39, 0.29) is 0 Å². The third-order valence-corrected chi connectivity index (χ3v) is 11.0. The van der Waals surface area contributed by atoms with Crippen molar-refractivity contribution < 1.29 is 0 Å². The lowest BCUT2D eigenvalue weighted by Gasteiger charge is -2.13. The summed E-state index contributed by atoms with van der Waals surface area (Å²) in [5.41, 5.74) is 13.2. The number of benzene rings is 8. The first-order chi connectivity index (χ1) is 27.2. The van der Waals surface area contributed by atoms with Crippen LogP contribution in [0.1, 0.15) is 11.1 Å². The van der Waals surface area contributed by atoms with E-state index in [1.165, 1.54) is 10.8 Å². The Hall–Kier alpha value is -7.86. The topological polar surface area (TPSA) is 62.4 Å². The number of para-hydroxylation sites is 3. The molecule has 0 saturated carbocycles. The van der Waals surface area contributed by atoms with Crippen LogP contribution in [0, 0.1) is 22.7 Å². The van der Waals surface area contributed by atoms with E-state index in [0.29, 0.717) is 11.1 Å². The average Bonchev–Trinajstić information content (AvgIpc) is 3.87. The van der Waals surface area contributed by atoms with Gasteiger partial charge in [0.1, 0.15) is 0 Å². The molecule has 3 heterocycles. The molecule has 0 fully saturated rings. The number of fused-ring (bicyclic) bond motifs is 9. The Labute approximate surface area is 316 Å². The summed E-state index contributed by atoms with van der Waals surface area (Å²) >= 11 is 0. The van der Waals surface area contributed by atoms with Crippen molar-refractivity contribution in [2.75, 3.05) is 0 Å². The lowest BCUT2D eigenvalue weighted by molar-refractivity contribution is 1.16. The van der Waals surface area contributed by atoms with Gasteiger partial charge in [-0.2, -0.15) is 10.5 Å². The van der Waals surface area contributed by atoms with Gasteiger partial charge in [-0.15, -0.1) is 0 Å². The molecular formula is C50H29N5. The van der Waals surface area contributed by atoms with E-state index in [1.807, 2.05) is 24.3 Å². The summed E-state index contributed by atoms with van der Waals surface area (Å²) in [6.45, 7) is 0. The molecule has 0 aliphatic rings. The summed E-state index contributed by atoms with van der Waals surface area (Å²) in [6.07, 6.45) is 0. The molecule has 55 heavy (non-hydrogen) atoms. The van der Waals surface area contributed by atoms with Gasteiger partial charge >= 0.3 is 0 Å². The standard InChI is InChI=1S/C50H29N5/c51-30-32-20-22-47-41(24-32)39-16-4-7-19-46(39)54(47)37-14-8-10-34(26-37)35-11-9-15-38(27-35)55-48-23-21-33(31-52)25-42(48)44-28-43-40-17-5-6-18-45(40)53(49(43)29-50(44)55)36-12-2-1-3-13-36/h1-29H. The Morgan fingerprint density at radius 2 is 0.709 bits per heavy atom. The zero-order chi connectivity index (χ0) is 36.6. The van der Waals surface area contributed by atoms with E-state index >= 15 is 0 Å². The SMILES string of the molecule is N#Cc1ccc2c(c1)c1ccccc1n2-c1cccc(-c2cccc(-n3c4ccc(C#N)cc4c4cc5c6ccccc6n(-c6ccccc6)c5cc43)c2)c1. The summed E-state index contributed by atoms with van der Waals surface area (Å²) in [6, 6.07) is 66.2. The molecule has 11 rings (SSSR count). The molecule has 0 aliphatic heterocycles. The van der Waals surface area contributed by atoms with Crippen molar-refractivity contribution in [3.8, 4) is 40.3 Å². The molecule has 5 heteroatoms. The first-order valence-electron chi connectivity index (χ1n) is 18.3. The molecule has 0 unspecified atom stereocenters. The maximum atomic E-state index is 9.95. The fourth-order valence-corrected chi connectivity index (χ4v) is 8.65. The van der Waals surface area contributed by atoms with Crippen molar-refractivity contribution >= 4 is 65.4 Å². The zero-order valence-corrected chi connectivity index (χ0v) is 29.5. The van der Waals surface area contributed by atoms with Crippen molar-refractivity contribution in [2.45, 2.75) is 0 Å². The number of nitriles is 2. The molecular weight excluding hydrogens is 671 g/mol. The monoisotopic (exact) mass is 699 g/mol. The predicted molar refractivity (Wildman–Crippen MR) is 224 cm³/mol. The molecule has 254 valence electrons. The lowest BCUT2D eigenvalue weighted by atomic mass is 10.0. The molecule has 0 spiro atoms. The summed E-state index contributed by atoms with van der Waals surface area (Å²) in [4.78, 5) is 0. The molecule has 0 bridgehead atoms. The summed E-state index contributed by atoms with van der Waals surface area (Å²) in [5.74, 6) is 0. The third kappa shape index (κ3) is 4.58. The normalized spacial score (nSPS) is 11.6. The minimum Gasteiger partial charge on any atom is -0.309 e. The first-order valence-corrected chi connectivity index (χ1v) is 18.3. The maximum absolute atomic E-state index is 9.95. The van der Waals surface area contributed by atoms with Gasteiger partial charge in [0.25, 0.3) is 0 Å². The van der Waals surface area contributed by atoms with Gasteiger partial charge in [0.15, 0.2) is 0 Å². The maximum Gasteiger partial charge on any atom is 0.0991 e. The molecule has 11 aromatic rings. The van der Waals surface area contributed by atoms with Crippen molar-refractivity contribution in [1.29, 1.82) is 10.5 Å². The van der Waals surface area contributed by atoms with Gasteiger partial charge < -0.3 is 13.7 Å². The van der Waals surface area contributed by atoms with E-state index in [9.17, 15) is 10.5 Å². The van der Waals surface area contributed by atoms with Gasteiger partial charge in [-0.1, -0.05) is 78.9 Å². The summed E-state index contributed by atoms with van der Waals surface area (Å²) in [5, 5.41) is 26.3. The zero-order valence-electron chi connectivity index (χ0n) is 29.5. The number of nitrogens with zero attached hydrogens (tertiary/aromatic N) is 5. The molecule has 3 aromatic heterocycles. The Bertz CT molecular complexity index is 3450. The Balaban J connectivity index is 1.13. The number of hydrogen-bond donors (Lipinski definition) is 0.